The zero-order valence-corrected chi connectivity index (χ0v) is 22.7. The Balaban J connectivity index is 1.09. The van der Waals surface area contributed by atoms with Crippen LogP contribution in [0.4, 0.5) is 5.69 Å². The largest absolute Gasteiger partial charge is 0.371 e. The van der Waals surface area contributed by atoms with E-state index in [1.165, 1.54) is 17.3 Å². The molecule has 2 saturated heterocycles. The van der Waals surface area contributed by atoms with Crippen LogP contribution in [0.3, 0.4) is 0 Å². The lowest BCUT2D eigenvalue weighted by molar-refractivity contribution is -0.117. The predicted octanol–water partition coefficient (Wildman–Crippen LogP) is 5.68. The van der Waals surface area contributed by atoms with Gasteiger partial charge in [-0.05, 0) is 90.6 Å². The maximum atomic E-state index is 13.6. The minimum Gasteiger partial charge on any atom is -0.371 e. The van der Waals surface area contributed by atoms with Gasteiger partial charge < -0.3 is 15.1 Å². The summed E-state index contributed by atoms with van der Waals surface area (Å²) in [4.78, 5) is 34.9. The third-order valence-corrected chi connectivity index (χ3v) is 9.03. The Labute approximate surface area is 234 Å². The Hall–Kier alpha value is -3.64. The zero-order valence-electron chi connectivity index (χ0n) is 22.0. The summed E-state index contributed by atoms with van der Waals surface area (Å²) in [6.07, 6.45) is 11.9. The first kappa shape index (κ1) is 25.6. The molecule has 0 radical (unpaired) electrons. The van der Waals surface area contributed by atoms with Crippen molar-refractivity contribution < 1.29 is 9.59 Å². The number of amides is 2. The van der Waals surface area contributed by atoms with Crippen LogP contribution < -0.4 is 10.2 Å². The lowest BCUT2D eigenvalue weighted by Crippen LogP contribution is -2.42. The zero-order chi connectivity index (χ0) is 26.8. The number of carbonyl (C=O) groups excluding carboxylic acids is 2. The molecule has 3 aliphatic rings. The first-order valence-electron chi connectivity index (χ1n) is 13.8. The Bertz CT molecular complexity index is 1400. The van der Waals surface area contributed by atoms with Crippen LogP contribution in [0, 0.1) is 5.41 Å². The molecule has 3 heterocycles. The third-order valence-electron chi connectivity index (χ3n) is 8.68. The number of rotatable bonds is 5. The van der Waals surface area contributed by atoms with Crippen molar-refractivity contribution in [3.8, 4) is 0 Å². The molecule has 1 aliphatic carbocycles. The summed E-state index contributed by atoms with van der Waals surface area (Å²) in [5.41, 5.74) is 5.21. The molecule has 1 unspecified atom stereocenters. The van der Waals surface area contributed by atoms with Gasteiger partial charge in [-0.3, -0.25) is 14.6 Å². The van der Waals surface area contributed by atoms with Gasteiger partial charge in [-0.15, -0.1) is 0 Å². The highest BCUT2D eigenvalue weighted by molar-refractivity contribution is 6.32. The van der Waals surface area contributed by atoms with Crippen molar-refractivity contribution in [3.05, 3.63) is 100 Å². The summed E-state index contributed by atoms with van der Waals surface area (Å²) in [6, 6.07) is 17.5. The van der Waals surface area contributed by atoms with Gasteiger partial charge in [0.2, 0.25) is 5.91 Å². The highest BCUT2D eigenvalue weighted by Gasteiger charge is 2.42. The quantitative estimate of drug-likeness (QED) is 0.423. The number of nitrogens with zero attached hydrogens (tertiary/aromatic N) is 3. The van der Waals surface area contributed by atoms with Crippen LogP contribution >= 0.6 is 11.6 Å². The molecule has 3 aromatic rings. The fourth-order valence-electron chi connectivity index (χ4n) is 6.37. The SMILES string of the molecule is O=C(C=Cc1ccccc1Cl)NC1CCc2ccc(C(=O)N3CCC4(CCN(c5ccncc5)CC4)C3)cc21. The lowest BCUT2D eigenvalue weighted by Gasteiger charge is -2.40. The number of aryl methyl sites for hydroxylation is 1. The molecule has 2 amide bonds. The fraction of sp³-hybridized carbons (Fsp3) is 0.344. The number of anilines is 1. The van der Waals surface area contributed by atoms with Gasteiger partial charge in [0, 0.05) is 60.9 Å². The van der Waals surface area contributed by atoms with Crippen LogP contribution in [0.5, 0.6) is 0 Å². The maximum absolute atomic E-state index is 13.6. The average Bonchev–Trinajstić information content (AvgIpc) is 3.57. The van der Waals surface area contributed by atoms with Gasteiger partial charge in [-0.25, -0.2) is 0 Å². The van der Waals surface area contributed by atoms with Crippen LogP contribution in [0.15, 0.2) is 73.1 Å². The van der Waals surface area contributed by atoms with Gasteiger partial charge >= 0.3 is 0 Å². The van der Waals surface area contributed by atoms with Crippen LogP contribution in [-0.4, -0.2) is 47.9 Å². The predicted molar refractivity (Wildman–Crippen MR) is 155 cm³/mol. The van der Waals surface area contributed by atoms with Crippen molar-refractivity contribution in [3.63, 3.8) is 0 Å². The number of aromatic nitrogens is 1. The van der Waals surface area contributed by atoms with Gasteiger partial charge in [0.25, 0.3) is 5.91 Å². The summed E-state index contributed by atoms with van der Waals surface area (Å²) in [7, 11) is 0. The van der Waals surface area contributed by atoms with Gasteiger partial charge in [-0.2, -0.15) is 0 Å². The van der Waals surface area contributed by atoms with E-state index in [-0.39, 0.29) is 23.3 Å². The Morgan fingerprint density at radius 2 is 1.77 bits per heavy atom. The molecule has 1 atom stereocenters. The van der Waals surface area contributed by atoms with E-state index in [1.54, 1.807) is 12.1 Å². The van der Waals surface area contributed by atoms with Crippen LogP contribution in [0.2, 0.25) is 5.02 Å². The van der Waals surface area contributed by atoms with Crippen molar-refractivity contribution >= 4 is 35.2 Å². The molecule has 7 heteroatoms. The number of piperidine rings is 1. The molecular weight excluding hydrogens is 508 g/mol. The number of hydrogen-bond acceptors (Lipinski definition) is 4. The molecule has 2 aliphatic heterocycles. The summed E-state index contributed by atoms with van der Waals surface area (Å²) < 4.78 is 0. The van der Waals surface area contributed by atoms with E-state index >= 15 is 0 Å². The molecule has 6 nitrogen and oxygen atoms in total. The van der Waals surface area contributed by atoms with E-state index in [0.717, 1.165) is 69.4 Å². The second kappa shape index (κ2) is 10.9. The van der Waals surface area contributed by atoms with Gasteiger partial charge in [0.15, 0.2) is 0 Å². The molecule has 2 fully saturated rings. The second-order valence-corrected chi connectivity index (χ2v) is 11.4. The van der Waals surface area contributed by atoms with E-state index in [4.69, 9.17) is 11.6 Å². The van der Waals surface area contributed by atoms with Crippen molar-refractivity contribution in [2.75, 3.05) is 31.1 Å². The number of pyridine rings is 1. The minimum atomic E-state index is -0.163. The van der Waals surface area contributed by atoms with Crippen LogP contribution in [-0.2, 0) is 11.2 Å². The van der Waals surface area contributed by atoms with E-state index in [1.807, 2.05) is 47.6 Å². The van der Waals surface area contributed by atoms with Gasteiger partial charge in [-0.1, -0.05) is 35.9 Å². The number of benzene rings is 2. The number of hydrogen-bond donors (Lipinski definition) is 1. The number of nitrogens with one attached hydrogen (secondary N) is 1. The summed E-state index contributed by atoms with van der Waals surface area (Å²) >= 11 is 6.20. The molecular formula is C32H33ClN4O2. The third kappa shape index (κ3) is 5.44. The van der Waals surface area contributed by atoms with E-state index in [2.05, 4.69) is 33.4 Å². The van der Waals surface area contributed by atoms with Crippen LogP contribution in [0.1, 0.15) is 58.8 Å². The lowest BCUT2D eigenvalue weighted by atomic mass is 9.77. The average molecular weight is 541 g/mol. The summed E-state index contributed by atoms with van der Waals surface area (Å²) in [5.74, 6) is -0.0640. The van der Waals surface area contributed by atoms with Gasteiger partial charge in [0.1, 0.15) is 0 Å². The Morgan fingerprint density at radius 3 is 2.56 bits per heavy atom. The number of halogens is 1. The topological polar surface area (TPSA) is 65.5 Å². The normalized spacial score (nSPS) is 20.0. The summed E-state index contributed by atoms with van der Waals surface area (Å²) in [5, 5.41) is 3.73. The molecule has 1 spiro atoms. The monoisotopic (exact) mass is 540 g/mol. The van der Waals surface area contributed by atoms with Crippen molar-refractivity contribution in [2.24, 2.45) is 5.41 Å². The number of likely N-dealkylation sites (tertiary alicyclic amines) is 1. The molecule has 2 aromatic carbocycles. The first-order chi connectivity index (χ1) is 19.0. The second-order valence-electron chi connectivity index (χ2n) is 11.0. The Morgan fingerprint density at radius 1 is 1.00 bits per heavy atom. The highest BCUT2D eigenvalue weighted by atomic mass is 35.5. The minimum absolute atomic E-state index is 0.0985. The van der Waals surface area contributed by atoms with Crippen LogP contribution in [0.25, 0.3) is 6.08 Å². The van der Waals surface area contributed by atoms with Crippen molar-refractivity contribution in [1.29, 1.82) is 0 Å². The summed E-state index contributed by atoms with van der Waals surface area (Å²) in [6.45, 7) is 3.65. The standard InChI is InChI=1S/C32H33ClN4O2/c33-28-4-2-1-3-24(28)8-10-30(38)35-29-9-7-23-5-6-25(21-27(23)29)31(39)37-20-15-32(22-37)13-18-36(19-14-32)26-11-16-34-17-12-26/h1-6,8,10-12,16-17,21,29H,7,9,13-15,18-20,22H2,(H,35,38). The van der Waals surface area contributed by atoms with E-state index in [0.29, 0.717) is 10.6 Å². The number of carbonyl (C=O) groups is 2. The molecule has 6 rings (SSSR count). The van der Waals surface area contributed by atoms with Crippen molar-refractivity contribution in [1.82, 2.24) is 15.2 Å². The highest BCUT2D eigenvalue weighted by Crippen LogP contribution is 2.42. The van der Waals surface area contributed by atoms with Gasteiger partial charge in [0.05, 0.1) is 6.04 Å². The van der Waals surface area contributed by atoms with E-state index in [9.17, 15) is 9.59 Å². The smallest absolute Gasteiger partial charge is 0.253 e. The maximum Gasteiger partial charge on any atom is 0.253 e. The molecule has 39 heavy (non-hydrogen) atoms. The molecule has 0 bridgehead atoms. The number of fused-ring (bicyclic) bond motifs is 1. The Kier molecular flexibility index (Phi) is 7.13. The molecule has 1 aromatic heterocycles. The van der Waals surface area contributed by atoms with Crippen molar-refractivity contribution in [2.45, 2.75) is 38.1 Å². The molecule has 1 N–H and O–H groups in total. The van der Waals surface area contributed by atoms with E-state index < -0.39 is 0 Å². The fourth-order valence-corrected chi connectivity index (χ4v) is 6.57. The molecule has 200 valence electrons. The molecule has 0 saturated carbocycles. The first-order valence-corrected chi connectivity index (χ1v) is 14.2.